The molecule has 0 amide bonds. The largest absolute Gasteiger partial charge is 0.293 e. The van der Waals surface area contributed by atoms with Gasteiger partial charge >= 0.3 is 0 Å². The molecular formula is C25H23N3OS. The van der Waals surface area contributed by atoms with E-state index in [4.69, 9.17) is 0 Å². The normalized spacial score (nSPS) is 12.0. The van der Waals surface area contributed by atoms with Gasteiger partial charge in [-0.1, -0.05) is 89.6 Å². The first-order valence-corrected chi connectivity index (χ1v) is 10.7. The molecule has 4 aromatic rings. The van der Waals surface area contributed by atoms with Crippen molar-refractivity contribution in [2.24, 2.45) is 0 Å². The van der Waals surface area contributed by atoms with Gasteiger partial charge < -0.3 is 0 Å². The number of nitrogens with zero attached hydrogens (tertiary/aromatic N) is 3. The first-order valence-electron chi connectivity index (χ1n) is 9.84. The van der Waals surface area contributed by atoms with E-state index >= 15 is 0 Å². The molecule has 5 heteroatoms. The maximum absolute atomic E-state index is 13.5. The van der Waals surface area contributed by atoms with Crippen molar-refractivity contribution in [2.45, 2.75) is 31.2 Å². The highest BCUT2D eigenvalue weighted by Crippen LogP contribution is 2.38. The molecule has 0 aliphatic carbocycles. The summed E-state index contributed by atoms with van der Waals surface area (Å²) in [5.41, 5.74) is 4.92. The van der Waals surface area contributed by atoms with Crippen molar-refractivity contribution in [2.75, 3.05) is 0 Å². The van der Waals surface area contributed by atoms with Crippen LogP contribution in [-0.2, 0) is 0 Å². The monoisotopic (exact) mass is 413 g/mol. The van der Waals surface area contributed by atoms with Crippen LogP contribution in [0, 0.1) is 20.8 Å². The summed E-state index contributed by atoms with van der Waals surface area (Å²) in [6.07, 6.45) is 0. The molecule has 150 valence electrons. The second-order valence-corrected chi connectivity index (χ2v) is 8.41. The third-order valence-corrected chi connectivity index (χ3v) is 6.18. The summed E-state index contributed by atoms with van der Waals surface area (Å²) in [4.78, 5) is 13.5. The quantitative estimate of drug-likeness (QED) is 0.291. The Morgan fingerprint density at radius 3 is 2.03 bits per heavy atom. The number of carbonyl (C=O) groups excluding carboxylic acids is 1. The number of thioether (sulfide) groups is 1. The van der Waals surface area contributed by atoms with Crippen molar-refractivity contribution in [1.29, 1.82) is 0 Å². The lowest BCUT2D eigenvalue weighted by Gasteiger charge is -2.17. The molecule has 4 rings (SSSR count). The first-order chi connectivity index (χ1) is 14.5. The second kappa shape index (κ2) is 8.67. The van der Waals surface area contributed by atoms with Crippen molar-refractivity contribution >= 4 is 17.5 Å². The number of carbonyl (C=O) groups is 1. The summed E-state index contributed by atoms with van der Waals surface area (Å²) in [6, 6.07) is 25.8. The summed E-state index contributed by atoms with van der Waals surface area (Å²) in [5, 5.41) is 8.95. The summed E-state index contributed by atoms with van der Waals surface area (Å²) in [5.74, 6) is 0.846. The maximum atomic E-state index is 13.5. The number of para-hydroxylation sites is 1. The number of aryl methyl sites for hydroxylation is 3. The van der Waals surface area contributed by atoms with Crippen molar-refractivity contribution in [3.05, 3.63) is 107 Å². The van der Waals surface area contributed by atoms with Crippen LogP contribution < -0.4 is 0 Å². The molecular weight excluding hydrogens is 390 g/mol. The van der Waals surface area contributed by atoms with Crippen LogP contribution in [0.3, 0.4) is 0 Å². The number of rotatable bonds is 6. The predicted octanol–water partition coefficient (Wildman–Crippen LogP) is 5.91. The van der Waals surface area contributed by atoms with Gasteiger partial charge in [0.25, 0.3) is 0 Å². The van der Waals surface area contributed by atoms with Gasteiger partial charge in [0, 0.05) is 11.3 Å². The van der Waals surface area contributed by atoms with Crippen molar-refractivity contribution in [3.8, 4) is 5.69 Å². The molecule has 0 bridgehead atoms. The Labute approximate surface area is 181 Å². The lowest BCUT2D eigenvalue weighted by Crippen LogP contribution is -2.11. The van der Waals surface area contributed by atoms with Crippen molar-refractivity contribution in [1.82, 2.24) is 14.8 Å². The van der Waals surface area contributed by atoms with Gasteiger partial charge in [0.15, 0.2) is 10.9 Å². The van der Waals surface area contributed by atoms with Crippen LogP contribution >= 0.6 is 11.8 Å². The Morgan fingerprint density at radius 2 is 1.40 bits per heavy atom. The van der Waals surface area contributed by atoms with Gasteiger partial charge in [0.2, 0.25) is 0 Å². The van der Waals surface area contributed by atoms with E-state index in [1.807, 2.05) is 104 Å². The summed E-state index contributed by atoms with van der Waals surface area (Å²) < 4.78 is 1.99. The number of Topliss-reactive ketones (excluding diaryl/α,β-unsaturated/α-hetero) is 1. The zero-order valence-corrected chi connectivity index (χ0v) is 18.1. The molecule has 0 fully saturated rings. The number of aromatic nitrogens is 3. The van der Waals surface area contributed by atoms with E-state index in [1.165, 1.54) is 11.8 Å². The van der Waals surface area contributed by atoms with Gasteiger partial charge in [-0.15, -0.1) is 10.2 Å². The molecule has 0 aliphatic rings. The third-order valence-electron chi connectivity index (χ3n) is 4.99. The Kier molecular flexibility index (Phi) is 5.81. The molecule has 1 heterocycles. The molecule has 0 saturated carbocycles. The minimum Gasteiger partial charge on any atom is -0.293 e. The molecule has 0 radical (unpaired) electrons. The third kappa shape index (κ3) is 4.21. The first kappa shape index (κ1) is 20.1. The number of ketones is 1. The average Bonchev–Trinajstić information content (AvgIpc) is 3.13. The predicted molar refractivity (Wildman–Crippen MR) is 121 cm³/mol. The molecule has 0 N–H and O–H groups in total. The Balaban J connectivity index is 1.75. The molecule has 0 spiro atoms. The smallest absolute Gasteiger partial charge is 0.196 e. The highest BCUT2D eigenvalue weighted by molar-refractivity contribution is 8.00. The SMILES string of the molecule is Cc1ccc(C(=O)[C@@H](Sc2nnc(C)n2-c2ccccc2)c2ccc(C)cc2)cc1. The molecule has 0 aliphatic heterocycles. The number of hydrogen-bond donors (Lipinski definition) is 0. The maximum Gasteiger partial charge on any atom is 0.196 e. The van der Waals surface area contributed by atoms with E-state index in [2.05, 4.69) is 10.2 Å². The summed E-state index contributed by atoms with van der Waals surface area (Å²) >= 11 is 1.44. The van der Waals surface area contributed by atoms with E-state index in [0.29, 0.717) is 10.7 Å². The standard InChI is InChI=1S/C25H23N3OS/c1-17-9-13-20(14-10-17)23(29)24(21-15-11-18(2)12-16-21)30-25-27-26-19(3)28(25)22-7-5-4-6-8-22/h4-16,24H,1-3H3/t24-/m0/s1. The molecule has 1 aromatic heterocycles. The molecule has 0 unspecified atom stereocenters. The van der Waals surface area contributed by atoms with E-state index < -0.39 is 5.25 Å². The zero-order valence-electron chi connectivity index (χ0n) is 17.2. The highest BCUT2D eigenvalue weighted by Gasteiger charge is 2.26. The van der Waals surface area contributed by atoms with E-state index in [9.17, 15) is 4.79 Å². The number of benzene rings is 3. The van der Waals surface area contributed by atoms with Gasteiger partial charge in [-0.3, -0.25) is 9.36 Å². The van der Waals surface area contributed by atoms with Crippen LogP contribution in [0.15, 0.2) is 84.0 Å². The molecule has 30 heavy (non-hydrogen) atoms. The van der Waals surface area contributed by atoms with Crippen LogP contribution in [0.5, 0.6) is 0 Å². The van der Waals surface area contributed by atoms with E-state index in [1.54, 1.807) is 0 Å². The Morgan fingerprint density at radius 1 is 0.800 bits per heavy atom. The van der Waals surface area contributed by atoms with Gasteiger partial charge in [-0.25, -0.2) is 0 Å². The van der Waals surface area contributed by atoms with Gasteiger partial charge in [0.1, 0.15) is 11.1 Å². The minimum atomic E-state index is -0.417. The minimum absolute atomic E-state index is 0.0594. The van der Waals surface area contributed by atoms with Crippen LogP contribution in [0.1, 0.15) is 38.1 Å². The van der Waals surface area contributed by atoms with Gasteiger partial charge in [-0.2, -0.15) is 0 Å². The van der Waals surface area contributed by atoms with Crippen LogP contribution in [0.2, 0.25) is 0 Å². The van der Waals surface area contributed by atoms with Gasteiger partial charge in [0.05, 0.1) is 0 Å². The summed E-state index contributed by atoms with van der Waals surface area (Å²) in [7, 11) is 0. The van der Waals surface area contributed by atoms with Crippen LogP contribution in [0.25, 0.3) is 5.69 Å². The van der Waals surface area contributed by atoms with E-state index in [0.717, 1.165) is 28.2 Å². The topological polar surface area (TPSA) is 47.8 Å². The molecule has 4 nitrogen and oxygen atoms in total. The molecule has 0 saturated heterocycles. The fourth-order valence-electron chi connectivity index (χ4n) is 3.28. The van der Waals surface area contributed by atoms with E-state index in [-0.39, 0.29) is 5.78 Å². The Hall–Kier alpha value is -3.18. The van der Waals surface area contributed by atoms with Crippen molar-refractivity contribution < 1.29 is 4.79 Å². The molecule has 3 aromatic carbocycles. The van der Waals surface area contributed by atoms with Crippen LogP contribution in [0.4, 0.5) is 0 Å². The zero-order chi connectivity index (χ0) is 21.1. The molecule has 1 atom stereocenters. The second-order valence-electron chi connectivity index (χ2n) is 7.34. The fraction of sp³-hybridized carbons (Fsp3) is 0.160. The Bertz CT molecular complexity index is 1150. The number of hydrogen-bond acceptors (Lipinski definition) is 4. The lowest BCUT2D eigenvalue weighted by molar-refractivity contribution is 0.0989. The highest BCUT2D eigenvalue weighted by atomic mass is 32.2. The van der Waals surface area contributed by atoms with Crippen LogP contribution in [-0.4, -0.2) is 20.5 Å². The lowest BCUT2D eigenvalue weighted by atomic mass is 10.0. The fourth-order valence-corrected chi connectivity index (χ4v) is 4.46. The average molecular weight is 414 g/mol. The summed E-state index contributed by atoms with van der Waals surface area (Å²) in [6.45, 7) is 5.99. The van der Waals surface area contributed by atoms with Gasteiger partial charge in [-0.05, 0) is 38.5 Å². The van der Waals surface area contributed by atoms with Crippen molar-refractivity contribution in [3.63, 3.8) is 0 Å².